The molecule has 0 unspecified atom stereocenters. The zero-order chi connectivity index (χ0) is 17.4. The lowest BCUT2D eigenvalue weighted by Gasteiger charge is -2.54. The molecule has 7 nitrogen and oxygen atoms in total. The van der Waals surface area contributed by atoms with Crippen LogP contribution in [0.2, 0.25) is 0 Å². The van der Waals surface area contributed by atoms with Crippen LogP contribution in [0, 0.1) is 23.7 Å². The van der Waals surface area contributed by atoms with Crippen LogP contribution in [-0.2, 0) is 9.53 Å². The minimum Gasteiger partial charge on any atom is -0.465 e. The second kappa shape index (κ2) is 7.11. The molecule has 0 spiro atoms. The monoisotopic (exact) mass is 351 g/mol. The summed E-state index contributed by atoms with van der Waals surface area (Å²) >= 11 is 0. The molecule has 4 aliphatic carbocycles. The van der Waals surface area contributed by atoms with Crippen molar-refractivity contribution in [2.24, 2.45) is 23.7 Å². The van der Waals surface area contributed by atoms with Gasteiger partial charge >= 0.3 is 6.09 Å². The number of carboxylic acid groups (broad SMARTS) is 1. The van der Waals surface area contributed by atoms with Crippen LogP contribution in [-0.4, -0.2) is 66.9 Å². The zero-order valence-corrected chi connectivity index (χ0v) is 14.7. The third kappa shape index (κ3) is 3.62. The van der Waals surface area contributed by atoms with Crippen LogP contribution < -0.4 is 10.6 Å². The Balaban J connectivity index is 1.35. The summed E-state index contributed by atoms with van der Waals surface area (Å²) in [6, 6.07) is 0.0303. The molecule has 1 heterocycles. The molecule has 1 aliphatic heterocycles. The second-order valence-corrected chi connectivity index (χ2v) is 8.32. The Bertz CT molecular complexity index is 498. The molecule has 7 heteroatoms. The van der Waals surface area contributed by atoms with Crippen molar-refractivity contribution in [1.29, 1.82) is 0 Å². The van der Waals surface area contributed by atoms with Crippen molar-refractivity contribution < 1.29 is 19.4 Å². The molecule has 1 atom stereocenters. The first-order valence-electron chi connectivity index (χ1n) is 9.69. The number of carbonyl (C=O) groups is 2. The summed E-state index contributed by atoms with van der Waals surface area (Å²) in [5.74, 6) is 3.17. The van der Waals surface area contributed by atoms with Gasteiger partial charge in [0.1, 0.15) is 6.04 Å². The van der Waals surface area contributed by atoms with Gasteiger partial charge in [-0.05, 0) is 55.8 Å². The van der Waals surface area contributed by atoms with Gasteiger partial charge < -0.3 is 20.5 Å². The van der Waals surface area contributed by atoms with Gasteiger partial charge in [-0.15, -0.1) is 0 Å². The third-order valence-electron chi connectivity index (χ3n) is 6.75. The SMILES string of the molecule is O=C(O)NCCN1CCOC[C@@H]1C(=O)NC1C2CC3CC(C2)CC1C3. The van der Waals surface area contributed by atoms with E-state index in [-0.39, 0.29) is 11.9 Å². The van der Waals surface area contributed by atoms with Crippen LogP contribution in [0.1, 0.15) is 32.1 Å². The fourth-order valence-electron chi connectivity index (χ4n) is 5.87. The number of rotatable bonds is 5. The van der Waals surface area contributed by atoms with E-state index in [0.717, 1.165) is 11.8 Å². The Labute approximate surface area is 148 Å². The predicted octanol–water partition coefficient (Wildman–Crippen LogP) is 0.896. The van der Waals surface area contributed by atoms with Crippen molar-refractivity contribution in [3.05, 3.63) is 0 Å². The molecule has 0 aromatic carbocycles. The number of carbonyl (C=O) groups excluding carboxylic acids is 1. The summed E-state index contributed by atoms with van der Waals surface area (Å²) in [6.07, 6.45) is 5.52. The molecule has 1 saturated heterocycles. The van der Waals surface area contributed by atoms with Gasteiger partial charge in [-0.1, -0.05) is 0 Å². The largest absolute Gasteiger partial charge is 0.465 e. The number of nitrogens with zero attached hydrogens (tertiary/aromatic N) is 1. The van der Waals surface area contributed by atoms with E-state index in [4.69, 9.17) is 9.84 Å². The van der Waals surface area contributed by atoms with Gasteiger partial charge in [-0.3, -0.25) is 9.69 Å². The van der Waals surface area contributed by atoms with E-state index < -0.39 is 6.09 Å². The molecule has 5 rings (SSSR count). The van der Waals surface area contributed by atoms with E-state index in [1.165, 1.54) is 32.1 Å². The number of amides is 2. The van der Waals surface area contributed by atoms with Crippen molar-refractivity contribution in [3.63, 3.8) is 0 Å². The average Bonchev–Trinajstić information content (AvgIpc) is 2.57. The number of ether oxygens (including phenoxy) is 1. The quantitative estimate of drug-likeness (QED) is 0.684. The first-order valence-corrected chi connectivity index (χ1v) is 9.69. The highest BCUT2D eigenvalue weighted by atomic mass is 16.5. The van der Waals surface area contributed by atoms with Gasteiger partial charge in [-0.2, -0.15) is 0 Å². The topological polar surface area (TPSA) is 90.9 Å². The Kier molecular flexibility index (Phi) is 4.86. The molecular weight excluding hydrogens is 322 g/mol. The second-order valence-electron chi connectivity index (χ2n) is 8.32. The van der Waals surface area contributed by atoms with E-state index >= 15 is 0 Å². The zero-order valence-electron chi connectivity index (χ0n) is 14.7. The standard InChI is InChI=1S/C18H29N3O4/c22-17(15-10-25-4-3-21(15)2-1-19-18(23)24)20-16-13-6-11-5-12(8-13)9-14(16)7-11/h11-16,19H,1-10H2,(H,20,22)(H,23,24)/t11?,12?,13?,14?,15-,16?/m1/s1. The van der Waals surface area contributed by atoms with Crippen LogP contribution in [0.3, 0.4) is 0 Å². The molecule has 5 aliphatic rings. The molecule has 25 heavy (non-hydrogen) atoms. The lowest BCUT2D eigenvalue weighted by Crippen LogP contribution is -2.61. The molecule has 0 aromatic heterocycles. The number of hydrogen-bond acceptors (Lipinski definition) is 4. The third-order valence-corrected chi connectivity index (χ3v) is 6.75. The fourth-order valence-corrected chi connectivity index (χ4v) is 5.87. The molecule has 3 N–H and O–H groups in total. The maximum Gasteiger partial charge on any atom is 0.404 e. The summed E-state index contributed by atoms with van der Waals surface area (Å²) in [6.45, 7) is 2.52. The van der Waals surface area contributed by atoms with Crippen LogP contribution in [0.15, 0.2) is 0 Å². The van der Waals surface area contributed by atoms with Crippen molar-refractivity contribution in [2.75, 3.05) is 32.8 Å². The highest BCUT2D eigenvalue weighted by Crippen LogP contribution is 2.53. The Morgan fingerprint density at radius 1 is 1.08 bits per heavy atom. The van der Waals surface area contributed by atoms with Gasteiger partial charge in [0.2, 0.25) is 5.91 Å². The summed E-state index contributed by atoms with van der Waals surface area (Å²) in [4.78, 5) is 25.6. The van der Waals surface area contributed by atoms with Crippen LogP contribution in [0.5, 0.6) is 0 Å². The van der Waals surface area contributed by atoms with Crippen molar-refractivity contribution in [2.45, 2.75) is 44.2 Å². The van der Waals surface area contributed by atoms with Crippen LogP contribution in [0.4, 0.5) is 4.79 Å². The number of morpholine rings is 1. The first kappa shape index (κ1) is 17.1. The fraction of sp³-hybridized carbons (Fsp3) is 0.889. The maximum atomic E-state index is 12.9. The van der Waals surface area contributed by atoms with Gasteiger partial charge in [0, 0.05) is 25.7 Å². The molecule has 2 amide bonds. The van der Waals surface area contributed by atoms with Gasteiger partial charge in [0.15, 0.2) is 0 Å². The maximum absolute atomic E-state index is 12.9. The molecule has 0 aromatic rings. The summed E-state index contributed by atoms with van der Waals surface area (Å²) in [5, 5.41) is 14.5. The lowest BCUT2D eigenvalue weighted by molar-refractivity contribution is -0.136. The number of hydrogen-bond donors (Lipinski definition) is 3. The van der Waals surface area contributed by atoms with Crippen LogP contribution >= 0.6 is 0 Å². The van der Waals surface area contributed by atoms with Crippen molar-refractivity contribution >= 4 is 12.0 Å². The Morgan fingerprint density at radius 3 is 2.40 bits per heavy atom. The number of nitrogens with one attached hydrogen (secondary N) is 2. The highest BCUT2D eigenvalue weighted by molar-refractivity contribution is 5.82. The van der Waals surface area contributed by atoms with E-state index in [9.17, 15) is 9.59 Å². The van der Waals surface area contributed by atoms with Crippen molar-refractivity contribution in [1.82, 2.24) is 15.5 Å². The van der Waals surface area contributed by atoms with Crippen LogP contribution in [0.25, 0.3) is 0 Å². The van der Waals surface area contributed by atoms with Gasteiger partial charge in [0.05, 0.1) is 13.2 Å². The van der Waals surface area contributed by atoms with E-state index in [0.29, 0.717) is 50.7 Å². The molecule has 140 valence electrons. The van der Waals surface area contributed by atoms with Crippen molar-refractivity contribution in [3.8, 4) is 0 Å². The minimum atomic E-state index is -1.03. The summed E-state index contributed by atoms with van der Waals surface area (Å²) < 4.78 is 5.53. The van der Waals surface area contributed by atoms with Gasteiger partial charge in [-0.25, -0.2) is 4.79 Å². The molecule has 0 radical (unpaired) electrons. The Hall–Kier alpha value is -1.34. The minimum absolute atomic E-state index is 0.0625. The van der Waals surface area contributed by atoms with Gasteiger partial charge in [0.25, 0.3) is 0 Å². The average molecular weight is 351 g/mol. The Morgan fingerprint density at radius 2 is 1.76 bits per heavy atom. The highest BCUT2D eigenvalue weighted by Gasteiger charge is 2.49. The molecule has 4 saturated carbocycles. The smallest absolute Gasteiger partial charge is 0.404 e. The normalized spacial score (nSPS) is 40.0. The first-order chi connectivity index (χ1) is 12.1. The molecular formula is C18H29N3O4. The molecule has 4 bridgehead atoms. The predicted molar refractivity (Wildman–Crippen MR) is 91.2 cm³/mol. The summed E-state index contributed by atoms with van der Waals surface area (Å²) in [5.41, 5.74) is 0. The van der Waals surface area contributed by atoms with E-state index in [2.05, 4.69) is 10.6 Å². The van der Waals surface area contributed by atoms with E-state index in [1.54, 1.807) is 0 Å². The lowest BCUT2D eigenvalue weighted by atomic mass is 9.54. The summed E-state index contributed by atoms with van der Waals surface area (Å²) in [7, 11) is 0. The van der Waals surface area contributed by atoms with E-state index in [1.807, 2.05) is 4.90 Å². The molecule has 5 fully saturated rings.